The Morgan fingerprint density at radius 3 is 2.55 bits per heavy atom. The summed E-state index contributed by atoms with van der Waals surface area (Å²) in [7, 11) is 1.75. The molecule has 0 fully saturated rings. The number of hydrogen-bond donors (Lipinski definition) is 2. The van der Waals surface area contributed by atoms with Crippen molar-refractivity contribution < 1.29 is 4.74 Å². The van der Waals surface area contributed by atoms with Crippen molar-refractivity contribution in [2.24, 2.45) is 0 Å². The number of aryl methyl sites for hydroxylation is 1. The number of hydrogen-bond acceptors (Lipinski definition) is 7. The van der Waals surface area contributed by atoms with E-state index in [9.17, 15) is 0 Å². The summed E-state index contributed by atoms with van der Waals surface area (Å²) in [5.74, 6) is 1.47. The van der Waals surface area contributed by atoms with Gasteiger partial charge in [-0.3, -0.25) is 5.10 Å². The lowest BCUT2D eigenvalue weighted by Crippen LogP contribution is -2.25. The van der Waals surface area contributed by atoms with Gasteiger partial charge in [0.2, 0.25) is 17.8 Å². The lowest BCUT2D eigenvalue weighted by atomic mass is 10.5. The molecular weight excluding hydrogens is 258 g/mol. The first-order valence-electron chi connectivity index (χ1n) is 6.54. The highest BCUT2D eigenvalue weighted by molar-refractivity contribution is 5.38. The summed E-state index contributed by atoms with van der Waals surface area (Å²) >= 11 is 0. The van der Waals surface area contributed by atoms with Gasteiger partial charge in [0.15, 0.2) is 0 Å². The van der Waals surface area contributed by atoms with E-state index in [4.69, 9.17) is 4.74 Å². The van der Waals surface area contributed by atoms with Gasteiger partial charge in [0.1, 0.15) is 0 Å². The molecule has 0 aliphatic carbocycles. The highest BCUT2D eigenvalue weighted by Gasteiger charge is 2.12. The van der Waals surface area contributed by atoms with Crippen molar-refractivity contribution >= 4 is 11.9 Å². The molecule has 0 atom stereocenters. The minimum absolute atomic E-state index is 0.220. The second-order valence-corrected chi connectivity index (χ2v) is 4.16. The average molecular weight is 277 g/mol. The van der Waals surface area contributed by atoms with Crippen LogP contribution in [0, 0.1) is 6.92 Å². The summed E-state index contributed by atoms with van der Waals surface area (Å²) in [6.07, 6.45) is 0. The van der Waals surface area contributed by atoms with Crippen LogP contribution in [0.2, 0.25) is 0 Å². The van der Waals surface area contributed by atoms with E-state index in [0.717, 1.165) is 18.8 Å². The third-order valence-electron chi connectivity index (χ3n) is 2.75. The van der Waals surface area contributed by atoms with Crippen LogP contribution in [0.4, 0.5) is 11.9 Å². The number of aromatic nitrogens is 5. The molecule has 0 unspecified atom stereocenters. The molecule has 0 aromatic carbocycles. The van der Waals surface area contributed by atoms with E-state index in [0.29, 0.717) is 17.8 Å². The van der Waals surface area contributed by atoms with Gasteiger partial charge in [0, 0.05) is 31.9 Å². The maximum absolute atomic E-state index is 5.55. The summed E-state index contributed by atoms with van der Waals surface area (Å²) in [5, 5.41) is 9.71. The van der Waals surface area contributed by atoms with E-state index in [1.54, 1.807) is 13.1 Å². The Morgan fingerprint density at radius 1 is 1.25 bits per heavy atom. The van der Waals surface area contributed by atoms with Crippen molar-refractivity contribution in [2.45, 2.75) is 20.8 Å². The minimum atomic E-state index is 0.220. The molecule has 0 saturated carbocycles. The normalized spacial score (nSPS) is 10.4. The molecule has 8 nitrogen and oxygen atoms in total. The summed E-state index contributed by atoms with van der Waals surface area (Å²) in [4.78, 5) is 14.8. The Morgan fingerprint density at radius 2 is 2.00 bits per heavy atom. The van der Waals surface area contributed by atoms with Crippen LogP contribution in [0.5, 0.6) is 11.9 Å². The largest absolute Gasteiger partial charge is 0.403 e. The summed E-state index contributed by atoms with van der Waals surface area (Å²) in [6.45, 7) is 7.61. The molecule has 20 heavy (non-hydrogen) atoms. The van der Waals surface area contributed by atoms with Crippen LogP contribution in [0.25, 0.3) is 0 Å². The minimum Gasteiger partial charge on any atom is -0.403 e. The predicted octanol–water partition coefficient (Wildman–Crippen LogP) is 1.58. The van der Waals surface area contributed by atoms with E-state index < -0.39 is 0 Å². The average Bonchev–Trinajstić information content (AvgIpc) is 2.85. The van der Waals surface area contributed by atoms with Crippen LogP contribution in [-0.4, -0.2) is 45.3 Å². The van der Waals surface area contributed by atoms with Crippen molar-refractivity contribution in [1.82, 2.24) is 25.1 Å². The fourth-order valence-electron chi connectivity index (χ4n) is 1.69. The Hall–Kier alpha value is -2.38. The van der Waals surface area contributed by atoms with Gasteiger partial charge < -0.3 is 15.0 Å². The molecule has 0 saturated heterocycles. The highest BCUT2D eigenvalue weighted by atomic mass is 16.5. The molecule has 0 radical (unpaired) electrons. The monoisotopic (exact) mass is 277 g/mol. The molecule has 0 amide bonds. The van der Waals surface area contributed by atoms with Crippen LogP contribution in [-0.2, 0) is 0 Å². The maximum Gasteiger partial charge on any atom is 0.330 e. The van der Waals surface area contributed by atoms with Crippen LogP contribution in [0.15, 0.2) is 6.07 Å². The van der Waals surface area contributed by atoms with E-state index in [-0.39, 0.29) is 6.01 Å². The van der Waals surface area contributed by atoms with Crippen molar-refractivity contribution in [3.8, 4) is 11.9 Å². The molecule has 2 rings (SSSR count). The Kier molecular flexibility index (Phi) is 4.34. The molecule has 0 aliphatic heterocycles. The van der Waals surface area contributed by atoms with E-state index >= 15 is 0 Å². The van der Waals surface area contributed by atoms with Crippen LogP contribution in [0.3, 0.4) is 0 Å². The zero-order valence-electron chi connectivity index (χ0n) is 12.1. The molecule has 2 aromatic heterocycles. The molecular formula is C12H19N7O. The molecule has 108 valence electrons. The summed E-state index contributed by atoms with van der Waals surface area (Å²) in [6, 6.07) is 2.00. The molecule has 0 aliphatic rings. The first kappa shape index (κ1) is 14.0. The molecule has 0 spiro atoms. The molecule has 2 aromatic rings. The second-order valence-electron chi connectivity index (χ2n) is 4.16. The first-order valence-corrected chi connectivity index (χ1v) is 6.54. The number of nitrogens with one attached hydrogen (secondary N) is 2. The third-order valence-corrected chi connectivity index (χ3v) is 2.75. The van der Waals surface area contributed by atoms with E-state index in [1.165, 1.54) is 0 Å². The third kappa shape index (κ3) is 3.14. The van der Waals surface area contributed by atoms with Gasteiger partial charge in [-0.1, -0.05) is 0 Å². The predicted molar refractivity (Wildman–Crippen MR) is 76.3 cm³/mol. The summed E-state index contributed by atoms with van der Waals surface area (Å²) < 4.78 is 5.55. The van der Waals surface area contributed by atoms with Gasteiger partial charge >= 0.3 is 6.01 Å². The maximum atomic E-state index is 5.55. The van der Waals surface area contributed by atoms with E-state index in [1.807, 2.05) is 25.7 Å². The Balaban J connectivity index is 2.29. The van der Waals surface area contributed by atoms with Crippen molar-refractivity contribution in [1.29, 1.82) is 0 Å². The first-order chi connectivity index (χ1) is 9.66. The van der Waals surface area contributed by atoms with E-state index in [2.05, 4.69) is 30.5 Å². The number of H-pyrrole nitrogens is 1. The Labute approximate surface area is 117 Å². The fourth-order valence-corrected chi connectivity index (χ4v) is 1.69. The van der Waals surface area contributed by atoms with Crippen LogP contribution in [0.1, 0.15) is 19.5 Å². The number of rotatable bonds is 6. The number of nitrogens with zero attached hydrogens (tertiary/aromatic N) is 5. The van der Waals surface area contributed by atoms with Crippen LogP contribution >= 0.6 is 0 Å². The van der Waals surface area contributed by atoms with Crippen LogP contribution < -0.4 is 15.0 Å². The molecule has 2 heterocycles. The van der Waals surface area contributed by atoms with Gasteiger partial charge in [0.05, 0.1) is 0 Å². The smallest absolute Gasteiger partial charge is 0.330 e. The second kappa shape index (κ2) is 6.18. The fraction of sp³-hybridized carbons (Fsp3) is 0.500. The molecule has 2 N–H and O–H groups in total. The number of ether oxygens (including phenoxy) is 1. The molecule has 8 heteroatoms. The van der Waals surface area contributed by atoms with Gasteiger partial charge in [-0.05, 0) is 20.8 Å². The lowest BCUT2D eigenvalue weighted by molar-refractivity contribution is 0.422. The SMILES string of the molecule is CCN(CC)c1nc(NC)nc(Oc2cc(C)[nH]n2)n1. The number of anilines is 2. The topological polar surface area (TPSA) is 91.8 Å². The summed E-state index contributed by atoms with van der Waals surface area (Å²) in [5.41, 5.74) is 0.909. The lowest BCUT2D eigenvalue weighted by Gasteiger charge is -2.18. The van der Waals surface area contributed by atoms with Crippen molar-refractivity contribution in [3.05, 3.63) is 11.8 Å². The van der Waals surface area contributed by atoms with Gasteiger partial charge in [-0.15, -0.1) is 5.10 Å². The zero-order chi connectivity index (χ0) is 14.5. The van der Waals surface area contributed by atoms with Crippen molar-refractivity contribution in [3.63, 3.8) is 0 Å². The quantitative estimate of drug-likeness (QED) is 0.828. The zero-order valence-corrected chi connectivity index (χ0v) is 12.1. The van der Waals surface area contributed by atoms with Crippen molar-refractivity contribution in [2.75, 3.05) is 30.4 Å². The van der Waals surface area contributed by atoms with Gasteiger partial charge in [-0.25, -0.2) is 0 Å². The highest BCUT2D eigenvalue weighted by Crippen LogP contribution is 2.19. The number of aromatic amines is 1. The van der Waals surface area contributed by atoms with Gasteiger partial charge in [-0.2, -0.15) is 15.0 Å². The Bertz CT molecular complexity index is 565. The van der Waals surface area contributed by atoms with Gasteiger partial charge in [0.25, 0.3) is 0 Å². The molecule has 0 bridgehead atoms. The standard InChI is InChI=1S/C12H19N7O/c1-5-19(6-2)11-14-10(13-4)15-12(16-11)20-9-7-8(3)17-18-9/h7H,5-6H2,1-4H3,(H,17,18)(H,13,14,15,16).